The molecule has 0 spiro atoms. The Balaban J connectivity index is 1.88. The van der Waals surface area contributed by atoms with E-state index in [0.29, 0.717) is 11.3 Å². The van der Waals surface area contributed by atoms with Crippen molar-refractivity contribution >= 4 is 45.1 Å². The van der Waals surface area contributed by atoms with Gasteiger partial charge >= 0.3 is 5.97 Å². The van der Waals surface area contributed by atoms with Gasteiger partial charge in [-0.15, -0.1) is 0 Å². The van der Waals surface area contributed by atoms with E-state index in [9.17, 15) is 14.4 Å². The highest BCUT2D eigenvalue weighted by Crippen LogP contribution is 2.29. The minimum absolute atomic E-state index is 0.0195. The Labute approximate surface area is 152 Å². The molecule has 0 bridgehead atoms. The number of carboxylic acid groups (broad SMARTS) is 1. The second-order valence-electron chi connectivity index (χ2n) is 5.78. The summed E-state index contributed by atoms with van der Waals surface area (Å²) in [6.07, 6.45) is 0.0195. The number of hydrogen-bond donors (Lipinski definition) is 2. The molecule has 0 aromatic heterocycles. The summed E-state index contributed by atoms with van der Waals surface area (Å²) in [5.41, 5.74) is 1.74. The highest BCUT2D eigenvalue weighted by atomic mass is 79.9. The smallest absolute Gasteiger partial charge is 0.335 e. The third-order valence-corrected chi connectivity index (χ3v) is 4.56. The zero-order chi connectivity index (χ0) is 18.1. The number of nitrogens with zero attached hydrogens (tertiary/aromatic N) is 1. The van der Waals surface area contributed by atoms with E-state index in [4.69, 9.17) is 5.11 Å². The van der Waals surface area contributed by atoms with Gasteiger partial charge in [0.1, 0.15) is 6.04 Å². The fourth-order valence-electron chi connectivity index (χ4n) is 2.73. The molecule has 1 saturated heterocycles. The van der Waals surface area contributed by atoms with E-state index in [2.05, 4.69) is 21.2 Å². The number of imide groups is 1. The van der Waals surface area contributed by atoms with Crippen molar-refractivity contribution in [1.29, 1.82) is 0 Å². The minimum atomic E-state index is -1.11. The lowest BCUT2D eigenvalue weighted by Gasteiger charge is -2.18. The quantitative estimate of drug-likeness (QED) is 0.766. The molecule has 128 valence electrons. The maximum absolute atomic E-state index is 12.7. The average Bonchev–Trinajstić information content (AvgIpc) is 2.84. The van der Waals surface area contributed by atoms with Gasteiger partial charge in [0.05, 0.1) is 17.7 Å². The number of carbonyl (C=O) groups excluding carboxylic acids is 2. The number of halogens is 1. The van der Waals surface area contributed by atoms with Gasteiger partial charge in [0, 0.05) is 10.2 Å². The van der Waals surface area contributed by atoms with Crippen LogP contribution >= 0.6 is 15.9 Å². The van der Waals surface area contributed by atoms with Gasteiger partial charge in [-0.25, -0.2) is 9.69 Å². The first-order valence-electron chi connectivity index (χ1n) is 7.59. The minimum Gasteiger partial charge on any atom is -0.478 e. The molecule has 3 rings (SSSR count). The molecule has 7 heteroatoms. The molecular formula is C18H15BrN2O4. The van der Waals surface area contributed by atoms with E-state index in [1.165, 1.54) is 12.1 Å². The van der Waals surface area contributed by atoms with Crippen molar-refractivity contribution in [2.75, 3.05) is 10.2 Å². The van der Waals surface area contributed by atoms with Gasteiger partial charge in [-0.05, 0) is 48.9 Å². The molecule has 0 aliphatic carbocycles. The van der Waals surface area contributed by atoms with E-state index >= 15 is 0 Å². The summed E-state index contributed by atoms with van der Waals surface area (Å²) in [4.78, 5) is 37.3. The van der Waals surface area contributed by atoms with E-state index in [1.807, 2.05) is 12.1 Å². The van der Waals surface area contributed by atoms with Crippen LogP contribution in [0, 0.1) is 6.92 Å². The molecule has 25 heavy (non-hydrogen) atoms. The van der Waals surface area contributed by atoms with Crippen molar-refractivity contribution < 1.29 is 19.5 Å². The number of carbonyl (C=O) groups is 3. The van der Waals surface area contributed by atoms with Crippen LogP contribution in [0.4, 0.5) is 11.4 Å². The van der Waals surface area contributed by atoms with Gasteiger partial charge in [-0.1, -0.05) is 22.0 Å². The Morgan fingerprint density at radius 3 is 2.52 bits per heavy atom. The molecule has 2 aromatic rings. The topological polar surface area (TPSA) is 86.7 Å². The van der Waals surface area contributed by atoms with Crippen LogP contribution in [0.1, 0.15) is 22.3 Å². The Kier molecular flexibility index (Phi) is 4.59. The summed E-state index contributed by atoms with van der Waals surface area (Å²) in [6.45, 7) is 1.73. The fraction of sp³-hybridized carbons (Fsp3) is 0.167. The van der Waals surface area contributed by atoms with Crippen LogP contribution in [0.15, 0.2) is 46.9 Å². The number of benzene rings is 2. The molecule has 1 atom stereocenters. The number of anilines is 2. The van der Waals surface area contributed by atoms with Crippen LogP contribution in [0.3, 0.4) is 0 Å². The van der Waals surface area contributed by atoms with Crippen molar-refractivity contribution in [3.63, 3.8) is 0 Å². The number of amides is 2. The predicted octanol–water partition coefficient (Wildman–Crippen LogP) is 3.20. The number of carboxylic acids is 1. The summed E-state index contributed by atoms with van der Waals surface area (Å²) < 4.78 is 0.912. The van der Waals surface area contributed by atoms with Crippen molar-refractivity contribution in [2.45, 2.75) is 19.4 Å². The number of rotatable bonds is 4. The first-order chi connectivity index (χ1) is 11.9. The maximum Gasteiger partial charge on any atom is 0.335 e. The second kappa shape index (κ2) is 6.68. The van der Waals surface area contributed by atoms with Gasteiger partial charge in [0.15, 0.2) is 0 Å². The van der Waals surface area contributed by atoms with E-state index in [0.717, 1.165) is 15.1 Å². The highest BCUT2D eigenvalue weighted by Gasteiger charge is 2.40. The van der Waals surface area contributed by atoms with Gasteiger partial charge in [0.2, 0.25) is 5.91 Å². The zero-order valence-electron chi connectivity index (χ0n) is 13.3. The van der Waals surface area contributed by atoms with Crippen molar-refractivity contribution in [3.05, 3.63) is 58.1 Å². The SMILES string of the molecule is Cc1ccc(C(=O)O)cc1N1C(=O)CC(Nc2ccc(Br)cc2)C1=O. The van der Waals surface area contributed by atoms with Crippen LogP contribution in [0.2, 0.25) is 0 Å². The van der Waals surface area contributed by atoms with Gasteiger partial charge in [-0.3, -0.25) is 9.59 Å². The largest absolute Gasteiger partial charge is 0.478 e. The molecular weight excluding hydrogens is 388 g/mol. The first kappa shape index (κ1) is 17.2. The predicted molar refractivity (Wildman–Crippen MR) is 96.8 cm³/mol. The third-order valence-electron chi connectivity index (χ3n) is 4.03. The second-order valence-corrected chi connectivity index (χ2v) is 6.70. The van der Waals surface area contributed by atoms with Crippen molar-refractivity contribution in [1.82, 2.24) is 0 Å². The molecule has 2 aromatic carbocycles. The van der Waals surface area contributed by atoms with Crippen LogP contribution in [0.25, 0.3) is 0 Å². The number of nitrogens with one attached hydrogen (secondary N) is 1. The molecule has 1 aliphatic rings. The molecule has 6 nitrogen and oxygen atoms in total. The van der Waals surface area contributed by atoms with Crippen LogP contribution in [0.5, 0.6) is 0 Å². The maximum atomic E-state index is 12.7. The number of hydrogen-bond acceptors (Lipinski definition) is 4. The van der Waals surface area contributed by atoms with Crippen LogP contribution in [-0.4, -0.2) is 28.9 Å². The lowest BCUT2D eigenvalue weighted by Crippen LogP contribution is -2.35. The van der Waals surface area contributed by atoms with Gasteiger partial charge in [-0.2, -0.15) is 0 Å². The lowest BCUT2D eigenvalue weighted by atomic mass is 10.1. The van der Waals surface area contributed by atoms with Crippen molar-refractivity contribution in [3.8, 4) is 0 Å². The first-order valence-corrected chi connectivity index (χ1v) is 8.39. The Hall–Kier alpha value is -2.67. The standard InChI is InChI=1S/C18H15BrN2O4/c1-10-2-3-11(18(24)25)8-15(10)21-16(22)9-14(17(21)23)20-13-6-4-12(19)5-7-13/h2-8,14,20H,9H2,1H3,(H,24,25). The zero-order valence-corrected chi connectivity index (χ0v) is 14.9. The lowest BCUT2D eigenvalue weighted by molar-refractivity contribution is -0.121. The fourth-order valence-corrected chi connectivity index (χ4v) is 2.99. The number of aryl methyl sites for hydroxylation is 1. The van der Waals surface area contributed by atoms with Crippen molar-refractivity contribution in [2.24, 2.45) is 0 Å². The van der Waals surface area contributed by atoms with Crippen LogP contribution in [-0.2, 0) is 9.59 Å². The average molecular weight is 403 g/mol. The molecule has 1 unspecified atom stereocenters. The summed E-state index contributed by atoms with van der Waals surface area (Å²) in [7, 11) is 0. The third kappa shape index (κ3) is 3.41. The molecule has 1 fully saturated rings. The summed E-state index contributed by atoms with van der Waals surface area (Å²) >= 11 is 3.34. The Morgan fingerprint density at radius 1 is 1.20 bits per heavy atom. The molecule has 1 heterocycles. The van der Waals surface area contributed by atoms with Crippen LogP contribution < -0.4 is 10.2 Å². The van der Waals surface area contributed by atoms with E-state index in [-0.39, 0.29) is 17.9 Å². The Morgan fingerprint density at radius 2 is 1.88 bits per heavy atom. The molecule has 0 saturated carbocycles. The van der Waals surface area contributed by atoms with E-state index in [1.54, 1.807) is 25.1 Å². The van der Waals surface area contributed by atoms with E-state index < -0.39 is 17.9 Å². The molecule has 0 radical (unpaired) electrons. The summed E-state index contributed by atoms with van der Waals surface area (Å²) in [6, 6.07) is 11.0. The summed E-state index contributed by atoms with van der Waals surface area (Å²) in [5.74, 6) is -1.85. The normalized spacial score (nSPS) is 17.0. The number of aromatic carboxylic acids is 1. The molecule has 2 amide bonds. The van der Waals surface area contributed by atoms with Gasteiger partial charge < -0.3 is 10.4 Å². The summed E-state index contributed by atoms with van der Waals surface area (Å²) in [5, 5.41) is 12.2. The van der Waals surface area contributed by atoms with Gasteiger partial charge in [0.25, 0.3) is 5.91 Å². The highest BCUT2D eigenvalue weighted by molar-refractivity contribution is 9.10. The monoisotopic (exact) mass is 402 g/mol. The molecule has 1 aliphatic heterocycles. The molecule has 2 N–H and O–H groups in total. The Bertz CT molecular complexity index is 864.